The minimum Gasteiger partial charge on any atom is -0.481 e. The van der Waals surface area contributed by atoms with E-state index in [4.69, 9.17) is 10.2 Å². The lowest BCUT2D eigenvalue weighted by Crippen LogP contribution is -2.21. The van der Waals surface area contributed by atoms with E-state index in [1.807, 2.05) is 30.4 Å². The molecule has 180 valence electrons. The topological polar surface area (TPSA) is 94.8 Å². The van der Waals surface area contributed by atoms with Crippen molar-refractivity contribution >= 4 is 23.7 Å². The summed E-state index contributed by atoms with van der Waals surface area (Å²) in [5.74, 6) is -1.86. The molecule has 2 atom stereocenters. The molecule has 33 heavy (non-hydrogen) atoms. The molecule has 1 aromatic carbocycles. The van der Waals surface area contributed by atoms with Crippen LogP contribution < -0.4 is 0 Å². The Morgan fingerprint density at radius 3 is 2.33 bits per heavy atom. The fourth-order valence-electron chi connectivity index (χ4n) is 2.97. The molecule has 0 fully saturated rings. The lowest BCUT2D eigenvalue weighted by atomic mass is 10.1. The first-order valence-electron chi connectivity index (χ1n) is 11.5. The van der Waals surface area contributed by atoms with E-state index in [1.54, 1.807) is 12.1 Å². The molecule has 0 saturated heterocycles. The molecule has 0 spiro atoms. The second-order valence-corrected chi connectivity index (χ2v) is 8.92. The van der Waals surface area contributed by atoms with Crippen molar-refractivity contribution in [1.82, 2.24) is 0 Å². The molecule has 0 bridgehead atoms. The van der Waals surface area contributed by atoms with Crippen LogP contribution in [0.25, 0.3) is 0 Å². The summed E-state index contributed by atoms with van der Waals surface area (Å²) in [7, 11) is 0. The van der Waals surface area contributed by atoms with E-state index >= 15 is 0 Å². The van der Waals surface area contributed by atoms with Crippen LogP contribution in [0.2, 0.25) is 0 Å². The van der Waals surface area contributed by atoms with Crippen LogP contribution in [-0.2, 0) is 4.79 Å². The van der Waals surface area contributed by atoms with Gasteiger partial charge in [-0.3, -0.25) is 4.79 Å². The lowest BCUT2D eigenvalue weighted by molar-refractivity contribution is -0.137. The van der Waals surface area contributed by atoms with Gasteiger partial charge in [0.05, 0.1) is 16.9 Å². The third-order valence-electron chi connectivity index (χ3n) is 4.83. The Hall–Kier alpha value is -2.57. The molecule has 2 unspecified atom stereocenters. The molecular formula is C27H36O5S. The standard InChI is InChI=1S/C27H36O5S/c1-2-3-4-5-6-7-8-9-10-11-12-13-16-25(24(28)15-14-17-26(29)30)33-23-20-18-22(19-21-23)27(31)32/h6-7,9-13,16,18-21,24-25,28H,2-5,8,14-15,17H2,1H3,(H,29,30)(H,31,32)/b7-6-,10-9+,12-11+,16-13+. The SMILES string of the molecule is CCCCC/C=C\C/C=C/C=C/C=C/C(Sc1ccc(C(=O)O)cc1)C(O)CCCC(=O)O. The highest BCUT2D eigenvalue weighted by Crippen LogP contribution is 2.28. The van der Waals surface area contributed by atoms with Crippen LogP contribution in [0.15, 0.2) is 77.8 Å². The molecular weight excluding hydrogens is 436 g/mol. The molecule has 0 aliphatic rings. The quantitative estimate of drug-likeness (QED) is 0.102. The monoisotopic (exact) mass is 472 g/mol. The van der Waals surface area contributed by atoms with Gasteiger partial charge in [0.25, 0.3) is 0 Å². The lowest BCUT2D eigenvalue weighted by Gasteiger charge is -2.19. The summed E-state index contributed by atoms with van der Waals surface area (Å²) in [6.45, 7) is 2.20. The number of hydrogen-bond donors (Lipinski definition) is 3. The number of aromatic carboxylic acids is 1. The highest BCUT2D eigenvalue weighted by molar-refractivity contribution is 8.00. The number of unbranched alkanes of at least 4 members (excludes halogenated alkanes) is 3. The first-order chi connectivity index (χ1) is 15.9. The van der Waals surface area contributed by atoms with Gasteiger partial charge in [-0.25, -0.2) is 4.79 Å². The third kappa shape index (κ3) is 14.2. The van der Waals surface area contributed by atoms with E-state index in [0.29, 0.717) is 12.8 Å². The van der Waals surface area contributed by atoms with Crippen LogP contribution in [0.3, 0.4) is 0 Å². The number of aliphatic hydroxyl groups excluding tert-OH is 1. The summed E-state index contributed by atoms with van der Waals surface area (Å²) >= 11 is 1.42. The molecule has 0 aliphatic heterocycles. The average molecular weight is 473 g/mol. The third-order valence-corrected chi connectivity index (χ3v) is 6.11. The maximum absolute atomic E-state index is 11.0. The highest BCUT2D eigenvalue weighted by atomic mass is 32.2. The molecule has 0 radical (unpaired) electrons. The predicted octanol–water partition coefficient (Wildman–Crippen LogP) is 6.66. The predicted molar refractivity (Wildman–Crippen MR) is 136 cm³/mol. The van der Waals surface area contributed by atoms with Gasteiger partial charge in [-0.1, -0.05) is 68.4 Å². The summed E-state index contributed by atoms with van der Waals surface area (Å²) < 4.78 is 0. The number of carbonyl (C=O) groups is 2. The number of carboxylic acid groups (broad SMARTS) is 2. The van der Waals surface area contributed by atoms with Crippen molar-refractivity contribution in [2.75, 3.05) is 0 Å². The Labute approximate surface area is 201 Å². The molecule has 0 amide bonds. The largest absolute Gasteiger partial charge is 0.481 e. The van der Waals surface area contributed by atoms with Gasteiger partial charge >= 0.3 is 11.9 Å². The first kappa shape index (κ1) is 28.5. The van der Waals surface area contributed by atoms with Crippen LogP contribution in [0.1, 0.15) is 68.6 Å². The van der Waals surface area contributed by atoms with Crippen LogP contribution in [-0.4, -0.2) is 38.6 Å². The maximum atomic E-state index is 11.0. The Balaban J connectivity index is 2.63. The normalized spacial score (nSPS) is 14.0. The number of rotatable bonds is 17. The summed E-state index contributed by atoms with van der Waals surface area (Å²) in [5, 5.41) is 28.2. The summed E-state index contributed by atoms with van der Waals surface area (Å²) in [4.78, 5) is 22.6. The molecule has 5 nitrogen and oxygen atoms in total. The number of hydrogen-bond acceptors (Lipinski definition) is 4. The molecule has 0 aliphatic carbocycles. The van der Waals surface area contributed by atoms with E-state index in [1.165, 1.54) is 43.2 Å². The van der Waals surface area contributed by atoms with Gasteiger partial charge in [0.2, 0.25) is 0 Å². The van der Waals surface area contributed by atoms with Gasteiger partial charge in [-0.2, -0.15) is 0 Å². The Morgan fingerprint density at radius 1 is 0.939 bits per heavy atom. The molecule has 0 heterocycles. The van der Waals surface area contributed by atoms with Gasteiger partial charge in [0.1, 0.15) is 0 Å². The fraction of sp³-hybridized carbons (Fsp3) is 0.407. The zero-order valence-electron chi connectivity index (χ0n) is 19.3. The van der Waals surface area contributed by atoms with E-state index in [2.05, 4.69) is 25.2 Å². The molecule has 0 aromatic heterocycles. The number of thioether (sulfide) groups is 1. The van der Waals surface area contributed by atoms with E-state index in [9.17, 15) is 14.7 Å². The van der Waals surface area contributed by atoms with E-state index < -0.39 is 18.0 Å². The number of benzene rings is 1. The van der Waals surface area contributed by atoms with Crippen molar-refractivity contribution in [2.45, 2.75) is 74.5 Å². The molecule has 6 heteroatoms. The fourth-order valence-corrected chi connectivity index (χ4v) is 4.04. The number of aliphatic carboxylic acids is 1. The Morgan fingerprint density at radius 2 is 1.67 bits per heavy atom. The van der Waals surface area contributed by atoms with E-state index in [0.717, 1.165) is 17.7 Å². The Bertz CT molecular complexity index is 808. The second kappa shape index (κ2) is 17.9. The van der Waals surface area contributed by atoms with Crippen LogP contribution >= 0.6 is 11.8 Å². The van der Waals surface area contributed by atoms with Crippen molar-refractivity contribution in [3.05, 3.63) is 78.4 Å². The maximum Gasteiger partial charge on any atom is 0.335 e. The molecule has 1 rings (SSSR count). The number of allylic oxidation sites excluding steroid dienone is 7. The van der Waals surface area contributed by atoms with Gasteiger partial charge in [-0.15, -0.1) is 11.8 Å². The van der Waals surface area contributed by atoms with Gasteiger partial charge in [-0.05, 0) is 56.4 Å². The van der Waals surface area contributed by atoms with Crippen LogP contribution in [0, 0.1) is 0 Å². The Kier molecular flexibility index (Phi) is 15.5. The zero-order chi connectivity index (χ0) is 24.3. The minimum absolute atomic E-state index is 0.0171. The molecule has 3 N–H and O–H groups in total. The summed E-state index contributed by atoms with van der Waals surface area (Å²) in [6, 6.07) is 6.50. The second-order valence-electron chi connectivity index (χ2n) is 7.67. The van der Waals surface area contributed by atoms with Crippen molar-refractivity contribution in [3.8, 4) is 0 Å². The van der Waals surface area contributed by atoms with Crippen molar-refractivity contribution in [3.63, 3.8) is 0 Å². The summed E-state index contributed by atoms with van der Waals surface area (Å²) in [5.41, 5.74) is 0.207. The van der Waals surface area contributed by atoms with Crippen molar-refractivity contribution in [1.29, 1.82) is 0 Å². The van der Waals surface area contributed by atoms with Crippen LogP contribution in [0.4, 0.5) is 0 Å². The summed E-state index contributed by atoms with van der Waals surface area (Å²) in [6.07, 6.45) is 21.9. The van der Waals surface area contributed by atoms with Gasteiger partial charge in [0, 0.05) is 11.3 Å². The smallest absolute Gasteiger partial charge is 0.335 e. The zero-order valence-corrected chi connectivity index (χ0v) is 20.1. The number of carboxylic acids is 2. The average Bonchev–Trinajstić information content (AvgIpc) is 2.79. The van der Waals surface area contributed by atoms with E-state index in [-0.39, 0.29) is 17.2 Å². The highest BCUT2D eigenvalue weighted by Gasteiger charge is 2.18. The van der Waals surface area contributed by atoms with Crippen LogP contribution in [0.5, 0.6) is 0 Å². The molecule has 1 aromatic rings. The van der Waals surface area contributed by atoms with Crippen molar-refractivity contribution < 1.29 is 24.9 Å². The van der Waals surface area contributed by atoms with Crippen molar-refractivity contribution in [2.24, 2.45) is 0 Å². The van der Waals surface area contributed by atoms with Gasteiger partial charge in [0.15, 0.2) is 0 Å². The first-order valence-corrected chi connectivity index (χ1v) is 12.4. The van der Waals surface area contributed by atoms with Gasteiger partial charge < -0.3 is 15.3 Å². The molecule has 0 saturated carbocycles. The number of aliphatic hydroxyl groups is 1. The minimum atomic E-state index is -0.984.